The highest BCUT2D eigenvalue weighted by Crippen LogP contribution is 2.20. The molecule has 7 nitrogen and oxygen atoms in total. The molecule has 0 spiro atoms. The van der Waals surface area contributed by atoms with Gasteiger partial charge in [-0.15, -0.1) is 0 Å². The molecule has 1 aromatic carbocycles. The van der Waals surface area contributed by atoms with E-state index in [1.54, 1.807) is 26.2 Å². The molecule has 102 valence electrons. The van der Waals surface area contributed by atoms with Crippen LogP contribution in [0.25, 0.3) is 11.0 Å². The summed E-state index contributed by atoms with van der Waals surface area (Å²) in [5.74, 6) is -0.327. The van der Waals surface area contributed by atoms with Crippen LogP contribution < -0.4 is 4.72 Å². The average molecular weight is 300 g/mol. The summed E-state index contributed by atoms with van der Waals surface area (Å²) in [4.78, 5) is 12.8. The molecule has 0 bridgehead atoms. The van der Waals surface area contributed by atoms with E-state index in [0.29, 0.717) is 11.0 Å². The van der Waals surface area contributed by atoms with Crippen molar-refractivity contribution in [3.8, 4) is 0 Å². The molecule has 1 N–H and O–H groups in total. The van der Waals surface area contributed by atoms with E-state index in [1.807, 2.05) is 0 Å². The van der Waals surface area contributed by atoms with Crippen molar-refractivity contribution in [1.29, 1.82) is 0 Å². The zero-order chi connectivity index (χ0) is 14.0. The fraction of sp³-hybridized carbons (Fsp3) is 0.300. The van der Waals surface area contributed by atoms with E-state index in [-0.39, 0.29) is 17.3 Å². The summed E-state index contributed by atoms with van der Waals surface area (Å²) in [7, 11) is -0.664. The van der Waals surface area contributed by atoms with Crippen LogP contribution in [-0.4, -0.2) is 48.6 Å². The van der Waals surface area contributed by atoms with Crippen molar-refractivity contribution in [2.24, 2.45) is 0 Å². The molecule has 0 radical (unpaired) electrons. The molecule has 1 heterocycles. The summed E-state index contributed by atoms with van der Waals surface area (Å²) >= 11 is 0.945. The molecule has 0 saturated heterocycles. The summed E-state index contributed by atoms with van der Waals surface area (Å²) in [6, 6.07) is 4.71. The third kappa shape index (κ3) is 2.88. The second-order valence-electron chi connectivity index (χ2n) is 4.00. The molecule has 9 heteroatoms. The number of aromatic nitrogens is 2. The van der Waals surface area contributed by atoms with Gasteiger partial charge in [0, 0.05) is 14.1 Å². The summed E-state index contributed by atoms with van der Waals surface area (Å²) in [5, 5.41) is 0. The lowest BCUT2D eigenvalue weighted by molar-refractivity contribution is -0.127. The van der Waals surface area contributed by atoms with Gasteiger partial charge >= 0.3 is 0 Å². The number of nitrogens with one attached hydrogen (secondary N) is 1. The van der Waals surface area contributed by atoms with Crippen molar-refractivity contribution in [2.45, 2.75) is 4.90 Å². The summed E-state index contributed by atoms with van der Waals surface area (Å²) in [6.45, 7) is -0.288. The molecule has 0 atom stereocenters. The maximum Gasteiger partial charge on any atom is 0.243 e. The Bertz CT molecular complexity index is 708. The topological polar surface area (TPSA) is 92.3 Å². The Labute approximate surface area is 114 Å². The van der Waals surface area contributed by atoms with Crippen LogP contribution in [0.2, 0.25) is 0 Å². The van der Waals surface area contributed by atoms with Crippen molar-refractivity contribution in [3.05, 3.63) is 18.2 Å². The van der Waals surface area contributed by atoms with Crippen molar-refractivity contribution in [2.75, 3.05) is 20.6 Å². The van der Waals surface area contributed by atoms with Crippen molar-refractivity contribution in [1.82, 2.24) is 18.4 Å². The van der Waals surface area contributed by atoms with Crippen LogP contribution in [0.3, 0.4) is 0 Å². The summed E-state index contributed by atoms with van der Waals surface area (Å²) in [5.41, 5.74) is 0.837. The Balaban J connectivity index is 2.29. The number of rotatable bonds is 4. The number of amides is 1. The molecule has 2 aromatic rings. The molecular weight excluding hydrogens is 288 g/mol. The van der Waals surface area contributed by atoms with Crippen LogP contribution in [0.15, 0.2) is 23.1 Å². The van der Waals surface area contributed by atoms with Crippen molar-refractivity contribution < 1.29 is 13.2 Å². The number of likely N-dealkylation sites (N-methyl/N-ethyl adjacent to an activating group) is 1. The predicted octanol–water partition coefficient (Wildman–Crippen LogP) is 0.0578. The van der Waals surface area contributed by atoms with Crippen LogP contribution in [0.5, 0.6) is 0 Å². The van der Waals surface area contributed by atoms with E-state index < -0.39 is 10.0 Å². The molecule has 0 aliphatic carbocycles. The summed E-state index contributed by atoms with van der Waals surface area (Å²) in [6.07, 6.45) is 0. The first-order chi connectivity index (χ1) is 8.92. The van der Waals surface area contributed by atoms with Crippen LogP contribution in [0, 0.1) is 0 Å². The Morgan fingerprint density at radius 1 is 1.37 bits per heavy atom. The molecule has 1 aromatic heterocycles. The predicted molar refractivity (Wildman–Crippen MR) is 71.3 cm³/mol. The van der Waals surface area contributed by atoms with Crippen LogP contribution in [0.1, 0.15) is 0 Å². The first-order valence-corrected chi connectivity index (χ1v) is 7.54. The van der Waals surface area contributed by atoms with Crippen LogP contribution in [0.4, 0.5) is 0 Å². The smallest absolute Gasteiger partial charge is 0.243 e. The largest absolute Gasteiger partial charge is 0.348 e. The van der Waals surface area contributed by atoms with Gasteiger partial charge in [-0.1, -0.05) is 6.07 Å². The Morgan fingerprint density at radius 3 is 2.79 bits per heavy atom. The second-order valence-corrected chi connectivity index (χ2v) is 6.26. The lowest BCUT2D eigenvalue weighted by Crippen LogP contribution is -2.36. The van der Waals surface area contributed by atoms with E-state index in [0.717, 1.165) is 11.7 Å². The first-order valence-electron chi connectivity index (χ1n) is 5.33. The third-order valence-corrected chi connectivity index (χ3v) is 4.43. The van der Waals surface area contributed by atoms with Gasteiger partial charge < -0.3 is 4.90 Å². The number of hydrogen-bond donors (Lipinski definition) is 1. The van der Waals surface area contributed by atoms with Crippen LogP contribution in [-0.2, 0) is 14.8 Å². The quantitative estimate of drug-likeness (QED) is 0.862. The molecule has 19 heavy (non-hydrogen) atoms. The Kier molecular flexibility index (Phi) is 3.78. The van der Waals surface area contributed by atoms with Gasteiger partial charge in [0.05, 0.1) is 18.3 Å². The standard InChI is InChI=1S/C10H12N4O3S2/c1-14(2)9(15)6-11-19(16,17)8-5-3-4-7-10(8)13-18-12-7/h3-5,11H,6H2,1-2H3. The average Bonchev–Trinajstić information content (AvgIpc) is 2.83. The molecule has 0 saturated carbocycles. The highest BCUT2D eigenvalue weighted by Gasteiger charge is 2.20. The van der Waals surface area contributed by atoms with E-state index in [1.165, 1.54) is 11.0 Å². The SMILES string of the molecule is CN(C)C(=O)CNS(=O)(=O)c1cccc2nsnc12. The lowest BCUT2D eigenvalue weighted by atomic mass is 10.3. The van der Waals surface area contributed by atoms with Gasteiger partial charge in [-0.05, 0) is 12.1 Å². The van der Waals surface area contributed by atoms with Crippen molar-refractivity contribution in [3.63, 3.8) is 0 Å². The number of sulfonamides is 1. The molecule has 1 amide bonds. The minimum Gasteiger partial charge on any atom is -0.348 e. The van der Waals surface area contributed by atoms with E-state index in [9.17, 15) is 13.2 Å². The Morgan fingerprint density at radius 2 is 2.11 bits per heavy atom. The summed E-state index contributed by atoms with van der Waals surface area (Å²) < 4.78 is 34.5. The van der Waals surface area contributed by atoms with Crippen molar-refractivity contribution >= 4 is 38.7 Å². The monoisotopic (exact) mass is 300 g/mol. The third-order valence-electron chi connectivity index (χ3n) is 2.45. The molecular formula is C10H12N4O3S2. The lowest BCUT2D eigenvalue weighted by Gasteiger charge is -2.11. The van der Waals surface area contributed by atoms with Gasteiger partial charge in [-0.25, -0.2) is 13.1 Å². The molecule has 0 unspecified atom stereocenters. The molecule has 0 aliphatic heterocycles. The number of carbonyl (C=O) groups excluding carboxylic acids is 1. The molecule has 2 rings (SSSR count). The Hall–Kier alpha value is -1.58. The zero-order valence-corrected chi connectivity index (χ0v) is 12.0. The second kappa shape index (κ2) is 5.19. The molecule has 0 fully saturated rings. The number of benzene rings is 1. The maximum atomic E-state index is 12.1. The number of fused-ring (bicyclic) bond motifs is 1. The van der Waals surface area contributed by atoms with Gasteiger partial charge in [-0.3, -0.25) is 4.79 Å². The number of carbonyl (C=O) groups is 1. The maximum absolute atomic E-state index is 12.1. The number of hydrogen-bond acceptors (Lipinski definition) is 6. The zero-order valence-electron chi connectivity index (χ0n) is 10.3. The van der Waals surface area contributed by atoms with Gasteiger partial charge in [0.15, 0.2) is 0 Å². The fourth-order valence-electron chi connectivity index (χ4n) is 1.39. The van der Waals surface area contributed by atoms with Gasteiger partial charge in [-0.2, -0.15) is 8.75 Å². The minimum absolute atomic E-state index is 0.0327. The first kappa shape index (κ1) is 13.8. The highest BCUT2D eigenvalue weighted by molar-refractivity contribution is 7.89. The minimum atomic E-state index is -3.78. The molecule has 0 aliphatic rings. The van der Waals surface area contributed by atoms with Crippen LogP contribution >= 0.6 is 11.7 Å². The van der Waals surface area contributed by atoms with E-state index >= 15 is 0 Å². The van der Waals surface area contributed by atoms with E-state index in [2.05, 4.69) is 13.5 Å². The van der Waals surface area contributed by atoms with E-state index in [4.69, 9.17) is 0 Å². The fourth-order valence-corrected chi connectivity index (χ4v) is 3.13. The number of nitrogens with zero attached hydrogens (tertiary/aromatic N) is 3. The highest BCUT2D eigenvalue weighted by atomic mass is 32.2. The normalized spacial score (nSPS) is 11.7. The van der Waals surface area contributed by atoms with Gasteiger partial charge in [0.2, 0.25) is 15.9 Å². The van der Waals surface area contributed by atoms with Gasteiger partial charge in [0.25, 0.3) is 0 Å². The van der Waals surface area contributed by atoms with Gasteiger partial charge in [0.1, 0.15) is 15.9 Å².